The standard InChI is InChI=1S/C20H29N5/c1-2-7-24-20(6-1)19-5-3-4-18(16-19)17-25-14-12-22-10-8-21-9-11-23-13-15-25/h1-7,16,21-23H,8-15,17H2. The van der Waals surface area contributed by atoms with E-state index in [-0.39, 0.29) is 0 Å². The van der Waals surface area contributed by atoms with Crippen molar-refractivity contribution in [2.45, 2.75) is 6.54 Å². The zero-order valence-electron chi connectivity index (χ0n) is 14.9. The maximum atomic E-state index is 4.47. The van der Waals surface area contributed by atoms with E-state index < -0.39 is 0 Å². The van der Waals surface area contributed by atoms with E-state index in [1.807, 2.05) is 18.3 Å². The van der Waals surface area contributed by atoms with Gasteiger partial charge in [0, 0.05) is 70.7 Å². The second-order valence-corrected chi connectivity index (χ2v) is 6.44. The Balaban J connectivity index is 1.62. The van der Waals surface area contributed by atoms with Crippen molar-refractivity contribution in [3.63, 3.8) is 0 Å². The molecule has 3 N–H and O–H groups in total. The number of rotatable bonds is 3. The highest BCUT2D eigenvalue weighted by atomic mass is 15.2. The lowest BCUT2D eigenvalue weighted by Gasteiger charge is -2.24. The smallest absolute Gasteiger partial charge is 0.0702 e. The quantitative estimate of drug-likeness (QED) is 0.788. The largest absolute Gasteiger partial charge is 0.314 e. The van der Waals surface area contributed by atoms with Gasteiger partial charge in [-0.15, -0.1) is 0 Å². The van der Waals surface area contributed by atoms with Crippen molar-refractivity contribution in [1.29, 1.82) is 0 Å². The molecule has 0 atom stereocenters. The predicted octanol–water partition coefficient (Wildman–Crippen LogP) is 1.33. The number of hydrogen-bond acceptors (Lipinski definition) is 5. The van der Waals surface area contributed by atoms with Crippen molar-refractivity contribution in [2.75, 3.05) is 52.4 Å². The Labute approximate surface area is 150 Å². The Hall–Kier alpha value is -1.79. The molecule has 25 heavy (non-hydrogen) atoms. The minimum Gasteiger partial charge on any atom is -0.314 e. The second-order valence-electron chi connectivity index (χ2n) is 6.44. The molecular weight excluding hydrogens is 310 g/mol. The van der Waals surface area contributed by atoms with Gasteiger partial charge in [0.2, 0.25) is 0 Å². The van der Waals surface area contributed by atoms with Crippen LogP contribution in [0.15, 0.2) is 48.7 Å². The molecule has 0 saturated carbocycles. The van der Waals surface area contributed by atoms with E-state index >= 15 is 0 Å². The summed E-state index contributed by atoms with van der Waals surface area (Å²) in [6.07, 6.45) is 1.85. The van der Waals surface area contributed by atoms with Gasteiger partial charge in [-0.1, -0.05) is 24.3 Å². The Kier molecular flexibility index (Phi) is 7.39. The molecule has 5 heteroatoms. The third-order valence-electron chi connectivity index (χ3n) is 4.46. The Morgan fingerprint density at radius 1 is 0.800 bits per heavy atom. The zero-order chi connectivity index (χ0) is 17.2. The molecule has 1 fully saturated rings. The summed E-state index contributed by atoms with van der Waals surface area (Å²) < 4.78 is 0. The summed E-state index contributed by atoms with van der Waals surface area (Å²) in [6.45, 7) is 9.30. The molecule has 0 unspecified atom stereocenters. The van der Waals surface area contributed by atoms with Gasteiger partial charge in [0.1, 0.15) is 0 Å². The van der Waals surface area contributed by atoms with Gasteiger partial charge >= 0.3 is 0 Å². The first-order valence-corrected chi connectivity index (χ1v) is 9.27. The average molecular weight is 339 g/mol. The number of hydrogen-bond donors (Lipinski definition) is 3. The summed E-state index contributed by atoms with van der Waals surface area (Å²) in [7, 11) is 0. The molecule has 0 radical (unpaired) electrons. The van der Waals surface area contributed by atoms with Crippen molar-refractivity contribution in [1.82, 2.24) is 25.8 Å². The lowest BCUT2D eigenvalue weighted by molar-refractivity contribution is 0.263. The second kappa shape index (κ2) is 10.3. The number of aromatic nitrogens is 1. The summed E-state index contributed by atoms with van der Waals surface area (Å²) in [5, 5.41) is 10.5. The molecule has 2 heterocycles. The molecular formula is C20H29N5. The molecule has 2 aromatic rings. The fourth-order valence-electron chi connectivity index (χ4n) is 3.09. The third kappa shape index (κ3) is 6.21. The van der Waals surface area contributed by atoms with Gasteiger partial charge in [0.15, 0.2) is 0 Å². The minimum absolute atomic E-state index is 0.974. The molecule has 1 aliphatic rings. The normalized spacial score (nSPS) is 18.2. The first-order chi connectivity index (χ1) is 12.4. The van der Waals surface area contributed by atoms with Crippen LogP contribution < -0.4 is 16.0 Å². The van der Waals surface area contributed by atoms with Gasteiger partial charge in [0.25, 0.3) is 0 Å². The molecule has 0 amide bonds. The number of pyridine rings is 1. The summed E-state index contributed by atoms with van der Waals surface area (Å²) in [5.41, 5.74) is 3.57. The van der Waals surface area contributed by atoms with Crippen LogP contribution in [-0.4, -0.2) is 62.2 Å². The minimum atomic E-state index is 0.974. The zero-order valence-corrected chi connectivity index (χ0v) is 14.9. The summed E-state index contributed by atoms with van der Waals surface area (Å²) in [4.78, 5) is 6.99. The molecule has 0 bridgehead atoms. The van der Waals surface area contributed by atoms with E-state index in [4.69, 9.17) is 0 Å². The van der Waals surface area contributed by atoms with Crippen LogP contribution >= 0.6 is 0 Å². The number of nitrogens with one attached hydrogen (secondary N) is 3. The van der Waals surface area contributed by atoms with Crippen LogP contribution in [0, 0.1) is 0 Å². The first-order valence-electron chi connectivity index (χ1n) is 9.27. The lowest BCUT2D eigenvalue weighted by atomic mass is 10.1. The molecule has 5 nitrogen and oxygen atoms in total. The lowest BCUT2D eigenvalue weighted by Crippen LogP contribution is -2.41. The molecule has 0 aliphatic carbocycles. The van der Waals surface area contributed by atoms with Gasteiger partial charge in [0.05, 0.1) is 5.69 Å². The van der Waals surface area contributed by atoms with Crippen LogP contribution in [0.4, 0.5) is 0 Å². The van der Waals surface area contributed by atoms with Crippen molar-refractivity contribution in [2.24, 2.45) is 0 Å². The molecule has 134 valence electrons. The maximum Gasteiger partial charge on any atom is 0.0702 e. The summed E-state index contributed by atoms with van der Waals surface area (Å²) in [6, 6.07) is 14.8. The van der Waals surface area contributed by atoms with E-state index in [1.165, 1.54) is 11.1 Å². The van der Waals surface area contributed by atoms with Crippen LogP contribution in [0.3, 0.4) is 0 Å². The van der Waals surface area contributed by atoms with Crippen molar-refractivity contribution < 1.29 is 0 Å². The molecule has 1 aliphatic heterocycles. The highest BCUT2D eigenvalue weighted by Crippen LogP contribution is 2.18. The number of nitrogens with zero attached hydrogens (tertiary/aromatic N) is 2. The summed E-state index contributed by atoms with van der Waals surface area (Å²) >= 11 is 0. The first kappa shape index (κ1) is 18.0. The van der Waals surface area contributed by atoms with E-state index in [1.54, 1.807) is 0 Å². The molecule has 0 spiro atoms. The fourth-order valence-corrected chi connectivity index (χ4v) is 3.09. The van der Waals surface area contributed by atoms with Crippen LogP contribution in [-0.2, 0) is 6.54 Å². The van der Waals surface area contributed by atoms with Gasteiger partial charge in [-0.25, -0.2) is 0 Å². The van der Waals surface area contributed by atoms with Gasteiger partial charge in [-0.2, -0.15) is 0 Å². The van der Waals surface area contributed by atoms with Crippen LogP contribution in [0.1, 0.15) is 5.56 Å². The van der Waals surface area contributed by atoms with Crippen LogP contribution in [0.2, 0.25) is 0 Å². The SMILES string of the molecule is c1ccc(-c2cccc(CN3CCNCCNCCNCC3)c2)nc1. The highest BCUT2D eigenvalue weighted by molar-refractivity contribution is 5.59. The maximum absolute atomic E-state index is 4.47. The predicted molar refractivity (Wildman–Crippen MR) is 104 cm³/mol. The number of benzene rings is 1. The van der Waals surface area contributed by atoms with Crippen LogP contribution in [0.25, 0.3) is 11.3 Å². The summed E-state index contributed by atoms with van der Waals surface area (Å²) in [5.74, 6) is 0. The van der Waals surface area contributed by atoms with E-state index in [2.05, 4.69) is 56.2 Å². The molecule has 1 aromatic heterocycles. The van der Waals surface area contributed by atoms with E-state index in [0.29, 0.717) is 0 Å². The van der Waals surface area contributed by atoms with E-state index in [0.717, 1.165) is 64.6 Å². The highest BCUT2D eigenvalue weighted by Gasteiger charge is 2.08. The topological polar surface area (TPSA) is 52.2 Å². The van der Waals surface area contributed by atoms with Crippen molar-refractivity contribution >= 4 is 0 Å². The van der Waals surface area contributed by atoms with Crippen LogP contribution in [0.5, 0.6) is 0 Å². The van der Waals surface area contributed by atoms with Crippen molar-refractivity contribution in [3.05, 3.63) is 54.2 Å². The van der Waals surface area contributed by atoms with Crippen molar-refractivity contribution in [3.8, 4) is 11.3 Å². The fraction of sp³-hybridized carbons (Fsp3) is 0.450. The Morgan fingerprint density at radius 3 is 2.20 bits per heavy atom. The molecule has 3 rings (SSSR count). The van der Waals surface area contributed by atoms with Gasteiger partial charge < -0.3 is 16.0 Å². The third-order valence-corrected chi connectivity index (χ3v) is 4.46. The van der Waals surface area contributed by atoms with E-state index in [9.17, 15) is 0 Å². The monoisotopic (exact) mass is 339 g/mol. The molecule has 1 aromatic carbocycles. The Morgan fingerprint density at radius 2 is 1.52 bits per heavy atom. The molecule has 1 saturated heterocycles. The average Bonchev–Trinajstić information content (AvgIpc) is 2.65. The van der Waals surface area contributed by atoms with Gasteiger partial charge in [-0.3, -0.25) is 9.88 Å². The Bertz CT molecular complexity index is 604. The van der Waals surface area contributed by atoms with Gasteiger partial charge in [-0.05, 0) is 23.8 Å².